The van der Waals surface area contributed by atoms with Gasteiger partial charge in [0.1, 0.15) is 5.75 Å². The fourth-order valence-corrected chi connectivity index (χ4v) is 3.15. The van der Waals surface area contributed by atoms with Gasteiger partial charge in [0.2, 0.25) is 0 Å². The number of esters is 2. The van der Waals surface area contributed by atoms with Crippen molar-refractivity contribution in [3.05, 3.63) is 42.5 Å². The maximum Gasteiger partial charge on any atom is 0.338 e. The second kappa shape index (κ2) is 18.5. The molecule has 0 radical (unpaired) electrons. The highest BCUT2D eigenvalue weighted by molar-refractivity contribution is 5.89. The molecule has 0 fully saturated rings. The molecule has 174 valence electrons. The standard InChI is InChI=1S/C26H40O5/c1-3-5-6-7-8-9-10-15-22-31-26(28)23-16-18-24(19-17-23)29-20-13-11-12-14-21-30-25(27)4-2/h4,16-19H,2-3,5-15,20-22H2,1H3. The van der Waals surface area contributed by atoms with Gasteiger partial charge in [-0.05, 0) is 56.4 Å². The van der Waals surface area contributed by atoms with E-state index in [-0.39, 0.29) is 11.9 Å². The van der Waals surface area contributed by atoms with Gasteiger partial charge in [0, 0.05) is 6.08 Å². The van der Waals surface area contributed by atoms with Gasteiger partial charge in [0.05, 0.1) is 25.4 Å². The van der Waals surface area contributed by atoms with E-state index < -0.39 is 0 Å². The van der Waals surface area contributed by atoms with E-state index in [1.165, 1.54) is 44.6 Å². The van der Waals surface area contributed by atoms with Crippen LogP contribution in [0.1, 0.15) is 94.3 Å². The van der Waals surface area contributed by atoms with Gasteiger partial charge < -0.3 is 14.2 Å². The van der Waals surface area contributed by atoms with Crippen LogP contribution in [0.25, 0.3) is 0 Å². The number of unbranched alkanes of at least 4 members (excludes halogenated alkanes) is 10. The molecule has 0 N–H and O–H groups in total. The molecule has 0 saturated heterocycles. The number of carbonyl (C=O) groups excluding carboxylic acids is 2. The summed E-state index contributed by atoms with van der Waals surface area (Å²) in [4.78, 5) is 23.0. The van der Waals surface area contributed by atoms with Crippen LogP contribution in [0.2, 0.25) is 0 Å². The quantitative estimate of drug-likeness (QED) is 0.139. The summed E-state index contributed by atoms with van der Waals surface area (Å²) in [5.41, 5.74) is 0.556. The van der Waals surface area contributed by atoms with E-state index >= 15 is 0 Å². The van der Waals surface area contributed by atoms with Crippen molar-refractivity contribution in [2.45, 2.75) is 84.0 Å². The molecule has 0 aliphatic rings. The van der Waals surface area contributed by atoms with Crippen LogP contribution in [0.3, 0.4) is 0 Å². The third kappa shape index (κ3) is 14.4. The van der Waals surface area contributed by atoms with Crippen molar-refractivity contribution >= 4 is 11.9 Å². The van der Waals surface area contributed by atoms with Gasteiger partial charge in [-0.3, -0.25) is 0 Å². The molecular formula is C26H40O5. The molecule has 5 heteroatoms. The van der Waals surface area contributed by atoms with Gasteiger partial charge in [-0.15, -0.1) is 0 Å². The molecule has 0 aliphatic carbocycles. The van der Waals surface area contributed by atoms with Crippen molar-refractivity contribution in [1.82, 2.24) is 0 Å². The van der Waals surface area contributed by atoms with Crippen molar-refractivity contribution in [2.75, 3.05) is 19.8 Å². The Morgan fingerprint density at radius 1 is 0.742 bits per heavy atom. The van der Waals surface area contributed by atoms with E-state index in [2.05, 4.69) is 13.5 Å². The highest BCUT2D eigenvalue weighted by atomic mass is 16.5. The Balaban J connectivity index is 2.05. The first-order valence-electron chi connectivity index (χ1n) is 11.9. The molecule has 0 saturated carbocycles. The minimum atomic E-state index is -0.371. The van der Waals surface area contributed by atoms with Crippen molar-refractivity contribution in [2.24, 2.45) is 0 Å². The second-order valence-corrected chi connectivity index (χ2v) is 7.77. The molecule has 0 amide bonds. The second-order valence-electron chi connectivity index (χ2n) is 7.77. The van der Waals surface area contributed by atoms with Crippen molar-refractivity contribution in [3.63, 3.8) is 0 Å². The summed E-state index contributed by atoms with van der Waals surface area (Å²) >= 11 is 0. The number of carbonyl (C=O) groups is 2. The molecule has 1 aromatic rings. The maximum absolute atomic E-state index is 12.1. The summed E-state index contributed by atoms with van der Waals surface area (Å²) in [6.07, 6.45) is 14.7. The molecule has 0 aromatic heterocycles. The predicted molar refractivity (Wildman–Crippen MR) is 124 cm³/mol. The van der Waals surface area contributed by atoms with Crippen molar-refractivity contribution in [1.29, 1.82) is 0 Å². The zero-order valence-corrected chi connectivity index (χ0v) is 19.2. The lowest BCUT2D eigenvalue weighted by atomic mass is 10.1. The van der Waals surface area contributed by atoms with Crippen LogP contribution in [-0.4, -0.2) is 31.8 Å². The fourth-order valence-electron chi connectivity index (χ4n) is 3.15. The summed E-state index contributed by atoms with van der Waals surface area (Å²) in [5, 5.41) is 0. The molecule has 0 unspecified atom stereocenters. The number of rotatable bonds is 19. The lowest BCUT2D eigenvalue weighted by molar-refractivity contribution is -0.137. The Hall–Kier alpha value is -2.30. The highest BCUT2D eigenvalue weighted by Crippen LogP contribution is 2.14. The summed E-state index contributed by atoms with van der Waals surface area (Å²) in [6.45, 7) is 7.13. The number of benzene rings is 1. The highest BCUT2D eigenvalue weighted by Gasteiger charge is 2.07. The molecule has 31 heavy (non-hydrogen) atoms. The summed E-state index contributed by atoms with van der Waals surface area (Å²) in [5.74, 6) is 0.106. The van der Waals surface area contributed by atoms with Crippen LogP contribution in [0.15, 0.2) is 36.9 Å². The Labute approximate surface area is 188 Å². The topological polar surface area (TPSA) is 61.8 Å². The van der Waals surface area contributed by atoms with Crippen LogP contribution in [0, 0.1) is 0 Å². The lowest BCUT2D eigenvalue weighted by Gasteiger charge is -2.08. The molecule has 0 bridgehead atoms. The van der Waals surface area contributed by atoms with Crippen LogP contribution in [0.4, 0.5) is 0 Å². The van der Waals surface area contributed by atoms with Gasteiger partial charge in [-0.2, -0.15) is 0 Å². The van der Waals surface area contributed by atoms with Gasteiger partial charge in [-0.25, -0.2) is 9.59 Å². The lowest BCUT2D eigenvalue weighted by Crippen LogP contribution is -2.06. The van der Waals surface area contributed by atoms with Gasteiger partial charge in [-0.1, -0.05) is 58.4 Å². The molecule has 0 heterocycles. The van der Waals surface area contributed by atoms with E-state index in [1.54, 1.807) is 12.1 Å². The largest absolute Gasteiger partial charge is 0.494 e. The van der Waals surface area contributed by atoms with E-state index in [0.717, 1.165) is 44.3 Å². The molecule has 1 rings (SSSR count). The average molecular weight is 433 g/mol. The van der Waals surface area contributed by atoms with Crippen molar-refractivity contribution in [3.8, 4) is 5.75 Å². The van der Waals surface area contributed by atoms with Crippen molar-refractivity contribution < 1.29 is 23.8 Å². The SMILES string of the molecule is C=CC(=O)OCCCCCCOc1ccc(C(=O)OCCCCCCCCCC)cc1. The molecule has 5 nitrogen and oxygen atoms in total. The zero-order valence-electron chi connectivity index (χ0n) is 19.2. The van der Waals surface area contributed by atoms with Gasteiger partial charge >= 0.3 is 11.9 Å². The molecular weight excluding hydrogens is 392 g/mol. The van der Waals surface area contributed by atoms with Crippen LogP contribution < -0.4 is 4.74 Å². The van der Waals surface area contributed by atoms with Crippen LogP contribution in [0.5, 0.6) is 5.75 Å². The number of hydrogen-bond acceptors (Lipinski definition) is 5. The monoisotopic (exact) mass is 432 g/mol. The maximum atomic E-state index is 12.1. The Bertz CT molecular complexity index is 609. The van der Waals surface area contributed by atoms with E-state index in [4.69, 9.17) is 14.2 Å². The predicted octanol–water partition coefficient (Wildman–Crippen LogP) is 6.65. The molecule has 1 aromatic carbocycles. The normalized spacial score (nSPS) is 10.5. The van der Waals surface area contributed by atoms with Gasteiger partial charge in [0.15, 0.2) is 0 Å². The molecule has 0 spiro atoms. The summed E-state index contributed by atoms with van der Waals surface area (Å²) in [6, 6.07) is 7.11. The third-order valence-electron chi connectivity index (χ3n) is 5.04. The van der Waals surface area contributed by atoms with E-state index in [9.17, 15) is 9.59 Å². The summed E-state index contributed by atoms with van der Waals surface area (Å²) < 4.78 is 16.0. The summed E-state index contributed by atoms with van der Waals surface area (Å²) in [7, 11) is 0. The minimum Gasteiger partial charge on any atom is -0.494 e. The minimum absolute atomic E-state index is 0.272. The van der Waals surface area contributed by atoms with Crippen LogP contribution in [-0.2, 0) is 14.3 Å². The van der Waals surface area contributed by atoms with E-state index in [0.29, 0.717) is 25.4 Å². The Morgan fingerprint density at radius 3 is 1.84 bits per heavy atom. The molecule has 0 atom stereocenters. The average Bonchev–Trinajstić information content (AvgIpc) is 2.79. The Morgan fingerprint density at radius 2 is 1.26 bits per heavy atom. The first-order valence-corrected chi connectivity index (χ1v) is 11.9. The fraction of sp³-hybridized carbons (Fsp3) is 0.615. The number of hydrogen-bond donors (Lipinski definition) is 0. The Kier molecular flexibility index (Phi) is 15.9. The first-order chi connectivity index (χ1) is 15.2. The zero-order chi connectivity index (χ0) is 22.6. The van der Waals surface area contributed by atoms with E-state index in [1.807, 2.05) is 12.1 Å². The third-order valence-corrected chi connectivity index (χ3v) is 5.04. The van der Waals surface area contributed by atoms with Gasteiger partial charge in [0.25, 0.3) is 0 Å². The number of ether oxygens (including phenoxy) is 3. The van der Waals surface area contributed by atoms with Crippen LogP contribution >= 0.6 is 0 Å². The first kappa shape index (κ1) is 26.7. The molecule has 0 aliphatic heterocycles. The smallest absolute Gasteiger partial charge is 0.338 e.